The van der Waals surface area contributed by atoms with Gasteiger partial charge in [-0.25, -0.2) is 9.78 Å². The number of fused-ring (bicyclic) bond motifs is 1. The topological polar surface area (TPSA) is 92.6 Å². The van der Waals surface area contributed by atoms with Crippen LogP contribution in [0.1, 0.15) is 17.3 Å². The molecule has 0 spiro atoms. The van der Waals surface area contributed by atoms with Gasteiger partial charge in [0.15, 0.2) is 0 Å². The lowest BCUT2D eigenvalue weighted by molar-refractivity contribution is -0.135. The molecule has 0 fully saturated rings. The Morgan fingerprint density at radius 2 is 2.19 bits per heavy atom. The molecule has 21 heavy (non-hydrogen) atoms. The minimum atomic E-state index is -1.02. The third kappa shape index (κ3) is 3.22. The number of esters is 1. The summed E-state index contributed by atoms with van der Waals surface area (Å²) in [6, 6.07) is 0. The Hall–Kier alpha value is -1.93. The summed E-state index contributed by atoms with van der Waals surface area (Å²) in [7, 11) is 1.55. The number of carbonyl (C=O) groups excluding carboxylic acids is 1. The van der Waals surface area contributed by atoms with Gasteiger partial charge in [0, 0.05) is 12.4 Å². The number of carboxylic acid groups (broad SMARTS) is 1. The summed E-state index contributed by atoms with van der Waals surface area (Å²) < 4.78 is 4.98. The van der Waals surface area contributed by atoms with Crippen molar-refractivity contribution in [2.75, 3.05) is 25.1 Å². The Kier molecular flexibility index (Phi) is 4.59. The van der Waals surface area contributed by atoms with Crippen LogP contribution in [0.3, 0.4) is 0 Å². The first-order valence-corrected chi connectivity index (χ1v) is 7.24. The second-order valence-corrected chi connectivity index (χ2v) is 5.31. The molecule has 0 saturated heterocycles. The van der Waals surface area contributed by atoms with Gasteiger partial charge in [0.2, 0.25) is 5.28 Å². The number of carboxylic acids is 1. The predicted molar refractivity (Wildman–Crippen MR) is 79.3 cm³/mol. The Labute approximate surface area is 129 Å². The van der Waals surface area contributed by atoms with Gasteiger partial charge in [0.25, 0.3) is 0 Å². The highest BCUT2D eigenvalue weighted by molar-refractivity contribution is 7.17. The summed E-state index contributed by atoms with van der Waals surface area (Å²) >= 11 is 7.07. The minimum Gasteiger partial charge on any atom is -0.480 e. The summed E-state index contributed by atoms with van der Waals surface area (Å²) in [5.74, 6) is -1.23. The van der Waals surface area contributed by atoms with Crippen LogP contribution in [-0.4, -0.2) is 47.2 Å². The monoisotopic (exact) mass is 329 g/mol. The number of aromatic nitrogens is 2. The van der Waals surface area contributed by atoms with Crippen LogP contribution in [0.25, 0.3) is 10.2 Å². The van der Waals surface area contributed by atoms with Gasteiger partial charge in [-0.1, -0.05) is 0 Å². The average molecular weight is 330 g/mol. The highest BCUT2D eigenvalue weighted by Gasteiger charge is 2.22. The number of hydrogen-bond acceptors (Lipinski definition) is 7. The molecule has 1 N–H and O–H groups in total. The van der Waals surface area contributed by atoms with Crippen LogP contribution in [0.4, 0.5) is 5.82 Å². The van der Waals surface area contributed by atoms with E-state index in [1.807, 2.05) is 0 Å². The maximum Gasteiger partial charge on any atom is 0.339 e. The van der Waals surface area contributed by atoms with E-state index in [-0.39, 0.29) is 24.3 Å². The van der Waals surface area contributed by atoms with Gasteiger partial charge >= 0.3 is 11.9 Å². The molecule has 2 heterocycles. The summed E-state index contributed by atoms with van der Waals surface area (Å²) in [4.78, 5) is 32.8. The summed E-state index contributed by atoms with van der Waals surface area (Å²) in [6.45, 7) is 1.67. The lowest BCUT2D eigenvalue weighted by atomic mass is 10.2. The molecule has 0 atom stereocenters. The van der Waals surface area contributed by atoms with Crippen molar-refractivity contribution in [2.45, 2.75) is 6.92 Å². The van der Waals surface area contributed by atoms with Crippen molar-refractivity contribution in [1.82, 2.24) is 9.97 Å². The minimum absolute atomic E-state index is 0.00741. The predicted octanol–water partition coefficient (Wildman–Crippen LogP) is 2.04. The molecule has 0 aromatic carbocycles. The van der Waals surface area contributed by atoms with Crippen molar-refractivity contribution in [2.24, 2.45) is 0 Å². The van der Waals surface area contributed by atoms with Crippen LogP contribution >= 0.6 is 22.9 Å². The number of ether oxygens (including phenoxy) is 1. The van der Waals surface area contributed by atoms with E-state index in [1.165, 1.54) is 16.2 Å². The van der Waals surface area contributed by atoms with Crippen LogP contribution in [0.5, 0.6) is 0 Å². The third-order valence-electron chi connectivity index (χ3n) is 2.62. The second-order valence-electron chi connectivity index (χ2n) is 4.12. The molecular formula is C12H12ClN3O4S. The number of aliphatic carboxylic acids is 1. The van der Waals surface area contributed by atoms with Crippen LogP contribution < -0.4 is 4.90 Å². The van der Waals surface area contributed by atoms with E-state index in [1.54, 1.807) is 19.4 Å². The molecule has 0 aliphatic heterocycles. The van der Waals surface area contributed by atoms with E-state index in [2.05, 4.69) is 9.97 Å². The molecule has 0 radical (unpaired) electrons. The maximum atomic E-state index is 12.0. The average Bonchev–Trinajstić information content (AvgIpc) is 2.80. The van der Waals surface area contributed by atoms with E-state index >= 15 is 0 Å². The van der Waals surface area contributed by atoms with Crippen LogP contribution in [0.15, 0.2) is 5.38 Å². The first-order valence-electron chi connectivity index (χ1n) is 5.98. The number of rotatable bonds is 5. The standard InChI is InChI=1S/C12H12ClN3O4S/c1-3-20-11(19)6-5-21-10-8(6)9(14-12(13)15-10)16(2)4-7(17)18/h5H,3-4H2,1-2H3,(H,17,18). The molecule has 7 nitrogen and oxygen atoms in total. The molecule has 0 bridgehead atoms. The smallest absolute Gasteiger partial charge is 0.339 e. The van der Waals surface area contributed by atoms with Gasteiger partial charge in [-0.3, -0.25) is 4.79 Å². The Bertz CT molecular complexity index is 703. The molecule has 2 rings (SSSR count). The molecule has 0 aliphatic rings. The lowest BCUT2D eigenvalue weighted by Crippen LogP contribution is -2.26. The lowest BCUT2D eigenvalue weighted by Gasteiger charge is -2.17. The van der Waals surface area contributed by atoms with Crippen LogP contribution in [-0.2, 0) is 9.53 Å². The van der Waals surface area contributed by atoms with Gasteiger partial charge in [0.05, 0.1) is 17.6 Å². The molecular weight excluding hydrogens is 318 g/mol. The molecule has 112 valence electrons. The van der Waals surface area contributed by atoms with Gasteiger partial charge in [-0.05, 0) is 18.5 Å². The van der Waals surface area contributed by atoms with Gasteiger partial charge in [-0.2, -0.15) is 4.98 Å². The summed E-state index contributed by atoms with van der Waals surface area (Å²) in [5, 5.41) is 10.9. The molecule has 0 aliphatic carbocycles. The number of thiophene rings is 1. The largest absolute Gasteiger partial charge is 0.480 e. The number of anilines is 1. The first-order chi connectivity index (χ1) is 9.93. The highest BCUT2D eigenvalue weighted by Crippen LogP contribution is 2.33. The van der Waals surface area contributed by atoms with Crippen molar-refractivity contribution in [3.05, 3.63) is 16.2 Å². The molecule has 2 aromatic heterocycles. The van der Waals surface area contributed by atoms with Crippen LogP contribution in [0.2, 0.25) is 5.28 Å². The van der Waals surface area contributed by atoms with Crippen molar-refractivity contribution in [3.63, 3.8) is 0 Å². The Morgan fingerprint density at radius 1 is 1.48 bits per heavy atom. The van der Waals surface area contributed by atoms with Gasteiger partial charge in [-0.15, -0.1) is 11.3 Å². The third-order valence-corrected chi connectivity index (χ3v) is 3.66. The fourth-order valence-electron chi connectivity index (χ4n) is 1.81. The normalized spacial score (nSPS) is 10.6. The highest BCUT2D eigenvalue weighted by atomic mass is 35.5. The zero-order valence-electron chi connectivity index (χ0n) is 11.3. The first kappa shape index (κ1) is 15.5. The van der Waals surface area contributed by atoms with Gasteiger partial charge in [0.1, 0.15) is 17.2 Å². The van der Waals surface area contributed by atoms with Crippen molar-refractivity contribution in [3.8, 4) is 0 Å². The summed E-state index contributed by atoms with van der Waals surface area (Å²) in [5.41, 5.74) is 0.306. The Morgan fingerprint density at radius 3 is 2.81 bits per heavy atom. The Balaban J connectivity index is 2.59. The molecule has 2 aromatic rings. The second kappa shape index (κ2) is 6.23. The number of nitrogens with zero attached hydrogens (tertiary/aromatic N) is 3. The fraction of sp³-hybridized carbons (Fsp3) is 0.333. The van der Waals surface area contributed by atoms with Crippen LogP contribution in [0, 0.1) is 0 Å². The zero-order valence-corrected chi connectivity index (χ0v) is 12.9. The van der Waals surface area contributed by atoms with E-state index in [0.717, 1.165) is 0 Å². The summed E-state index contributed by atoms with van der Waals surface area (Å²) in [6.07, 6.45) is 0. The van der Waals surface area contributed by atoms with Crippen molar-refractivity contribution >= 4 is 50.9 Å². The van der Waals surface area contributed by atoms with Crippen molar-refractivity contribution in [1.29, 1.82) is 0 Å². The quantitative estimate of drug-likeness (QED) is 0.662. The number of likely N-dealkylation sites (N-methyl/N-ethyl adjacent to an activating group) is 1. The zero-order chi connectivity index (χ0) is 15.6. The maximum absolute atomic E-state index is 12.0. The fourth-order valence-corrected chi connectivity index (χ4v) is 2.93. The number of halogens is 1. The van der Waals surface area contributed by atoms with E-state index in [0.29, 0.717) is 15.8 Å². The molecule has 0 saturated carbocycles. The number of hydrogen-bond donors (Lipinski definition) is 1. The van der Waals surface area contributed by atoms with E-state index < -0.39 is 11.9 Å². The SMILES string of the molecule is CCOC(=O)c1csc2nc(Cl)nc(N(C)CC(=O)O)c12. The van der Waals surface area contributed by atoms with Gasteiger partial charge < -0.3 is 14.7 Å². The molecule has 9 heteroatoms. The van der Waals surface area contributed by atoms with E-state index in [9.17, 15) is 9.59 Å². The molecule has 0 amide bonds. The molecule has 0 unspecified atom stereocenters. The number of carbonyl (C=O) groups is 2. The van der Waals surface area contributed by atoms with E-state index in [4.69, 9.17) is 21.4 Å². The van der Waals surface area contributed by atoms with Crippen molar-refractivity contribution < 1.29 is 19.4 Å².